The third-order valence-electron chi connectivity index (χ3n) is 3.41. The van der Waals surface area contributed by atoms with Crippen LogP contribution in [0.15, 0.2) is 18.2 Å². The maximum absolute atomic E-state index is 5.77. The van der Waals surface area contributed by atoms with Crippen LogP contribution < -0.4 is 15.4 Å². The van der Waals surface area contributed by atoms with Crippen molar-refractivity contribution in [3.63, 3.8) is 0 Å². The van der Waals surface area contributed by atoms with E-state index in [1.54, 1.807) is 0 Å². The number of hydrogen-bond donors (Lipinski definition) is 1. The van der Waals surface area contributed by atoms with Crippen LogP contribution >= 0.6 is 0 Å². The van der Waals surface area contributed by atoms with E-state index in [-0.39, 0.29) is 0 Å². The second-order valence-corrected chi connectivity index (χ2v) is 4.65. The number of ether oxygens (including phenoxy) is 1. The highest BCUT2D eigenvalue weighted by atomic mass is 16.5. The van der Waals surface area contributed by atoms with Gasteiger partial charge in [-0.3, -0.25) is 0 Å². The number of piperazine rings is 1. The van der Waals surface area contributed by atoms with Crippen LogP contribution in [0.3, 0.4) is 0 Å². The molecule has 2 aliphatic rings. The maximum Gasteiger partial charge on any atom is 0.144 e. The molecule has 0 radical (unpaired) electrons. The van der Waals surface area contributed by atoms with Gasteiger partial charge in [0.15, 0.2) is 0 Å². The first kappa shape index (κ1) is 9.78. The van der Waals surface area contributed by atoms with Crippen molar-refractivity contribution in [2.45, 2.75) is 6.04 Å². The van der Waals surface area contributed by atoms with E-state index >= 15 is 0 Å². The molecule has 4 heteroatoms. The zero-order valence-electron chi connectivity index (χ0n) is 9.52. The van der Waals surface area contributed by atoms with E-state index in [0.717, 1.165) is 37.7 Å². The normalized spacial score (nSPS) is 24.6. The molecule has 1 saturated heterocycles. The lowest BCUT2D eigenvalue weighted by Crippen LogP contribution is -2.56. The number of hydrogen-bond acceptors (Lipinski definition) is 4. The van der Waals surface area contributed by atoms with Gasteiger partial charge >= 0.3 is 0 Å². The Morgan fingerprint density at radius 2 is 2.25 bits per heavy atom. The first-order chi connectivity index (χ1) is 7.74. The van der Waals surface area contributed by atoms with Crippen LogP contribution in [0, 0.1) is 0 Å². The van der Waals surface area contributed by atoms with Crippen molar-refractivity contribution in [2.24, 2.45) is 0 Å². The van der Waals surface area contributed by atoms with E-state index in [4.69, 9.17) is 10.5 Å². The number of rotatable bonds is 0. The largest absolute Gasteiger partial charge is 0.489 e. The Labute approximate surface area is 95.6 Å². The van der Waals surface area contributed by atoms with E-state index < -0.39 is 0 Å². The summed E-state index contributed by atoms with van der Waals surface area (Å²) in [5, 5.41) is 0. The topological polar surface area (TPSA) is 41.7 Å². The van der Waals surface area contributed by atoms with Crippen LogP contribution in [0.2, 0.25) is 0 Å². The number of benzene rings is 1. The number of likely N-dealkylation sites (N-methyl/N-ethyl adjacent to an activating group) is 1. The molecule has 2 aliphatic heterocycles. The molecule has 1 aromatic carbocycles. The van der Waals surface area contributed by atoms with Crippen molar-refractivity contribution in [2.75, 3.05) is 43.9 Å². The molecule has 1 aromatic rings. The molecule has 0 saturated carbocycles. The molecule has 0 aliphatic carbocycles. The van der Waals surface area contributed by atoms with Crippen molar-refractivity contribution in [3.8, 4) is 5.75 Å². The van der Waals surface area contributed by atoms with E-state index in [2.05, 4.69) is 22.9 Å². The zero-order valence-corrected chi connectivity index (χ0v) is 9.52. The predicted molar refractivity (Wildman–Crippen MR) is 65.0 cm³/mol. The lowest BCUT2D eigenvalue weighted by atomic mass is 10.1. The van der Waals surface area contributed by atoms with Crippen LogP contribution in [0.1, 0.15) is 0 Å². The number of anilines is 2. The van der Waals surface area contributed by atoms with E-state index in [9.17, 15) is 0 Å². The Hall–Kier alpha value is -1.42. The van der Waals surface area contributed by atoms with Crippen molar-refractivity contribution >= 4 is 11.4 Å². The third kappa shape index (κ3) is 1.50. The Bertz CT molecular complexity index is 407. The van der Waals surface area contributed by atoms with Gasteiger partial charge in [0.1, 0.15) is 12.4 Å². The molecule has 1 atom stereocenters. The van der Waals surface area contributed by atoms with Crippen LogP contribution in [0.5, 0.6) is 5.75 Å². The summed E-state index contributed by atoms with van der Waals surface area (Å²) in [4.78, 5) is 4.80. The number of nitrogens with two attached hydrogens (primary N) is 1. The molecule has 0 aromatic heterocycles. The molecule has 2 N–H and O–H groups in total. The molecular weight excluding hydrogens is 202 g/mol. The smallest absolute Gasteiger partial charge is 0.144 e. The molecule has 2 heterocycles. The fourth-order valence-electron chi connectivity index (χ4n) is 2.54. The summed E-state index contributed by atoms with van der Waals surface area (Å²) in [5.41, 5.74) is 7.73. The van der Waals surface area contributed by atoms with Crippen LogP contribution in [-0.4, -0.2) is 44.2 Å². The van der Waals surface area contributed by atoms with Crippen molar-refractivity contribution in [3.05, 3.63) is 18.2 Å². The van der Waals surface area contributed by atoms with Crippen LogP contribution in [0.25, 0.3) is 0 Å². The van der Waals surface area contributed by atoms with E-state index in [1.807, 2.05) is 12.1 Å². The number of nitrogens with zero attached hydrogens (tertiary/aromatic N) is 2. The van der Waals surface area contributed by atoms with Crippen molar-refractivity contribution < 1.29 is 4.74 Å². The lowest BCUT2D eigenvalue weighted by Gasteiger charge is -2.44. The second-order valence-electron chi connectivity index (χ2n) is 4.65. The summed E-state index contributed by atoms with van der Waals surface area (Å²) in [6.45, 7) is 4.02. The highest BCUT2D eigenvalue weighted by molar-refractivity contribution is 5.66. The van der Waals surface area contributed by atoms with Crippen LogP contribution in [0.4, 0.5) is 11.4 Å². The highest BCUT2D eigenvalue weighted by Gasteiger charge is 2.31. The molecule has 4 nitrogen and oxygen atoms in total. The fraction of sp³-hybridized carbons (Fsp3) is 0.500. The predicted octanol–water partition coefficient (Wildman–Crippen LogP) is 0.782. The van der Waals surface area contributed by atoms with Gasteiger partial charge in [0, 0.05) is 31.4 Å². The summed E-state index contributed by atoms with van der Waals surface area (Å²) in [5.74, 6) is 0.931. The minimum Gasteiger partial charge on any atom is -0.489 e. The minimum atomic E-state index is 0.481. The van der Waals surface area contributed by atoms with Gasteiger partial charge in [-0.25, -0.2) is 0 Å². The van der Waals surface area contributed by atoms with Gasteiger partial charge in [0.05, 0.1) is 11.7 Å². The van der Waals surface area contributed by atoms with E-state index in [1.165, 1.54) is 5.69 Å². The monoisotopic (exact) mass is 219 g/mol. The quantitative estimate of drug-likeness (QED) is 0.655. The third-order valence-corrected chi connectivity index (χ3v) is 3.41. The van der Waals surface area contributed by atoms with Crippen molar-refractivity contribution in [1.29, 1.82) is 0 Å². The maximum atomic E-state index is 5.77. The summed E-state index contributed by atoms with van der Waals surface area (Å²) < 4.78 is 5.77. The second kappa shape index (κ2) is 3.56. The van der Waals surface area contributed by atoms with Gasteiger partial charge in [0.25, 0.3) is 0 Å². The molecule has 0 unspecified atom stereocenters. The molecule has 3 rings (SSSR count). The van der Waals surface area contributed by atoms with Crippen LogP contribution in [-0.2, 0) is 0 Å². The van der Waals surface area contributed by atoms with Gasteiger partial charge in [0.2, 0.25) is 0 Å². The van der Waals surface area contributed by atoms with Gasteiger partial charge in [-0.05, 0) is 19.2 Å². The molecule has 16 heavy (non-hydrogen) atoms. The summed E-state index contributed by atoms with van der Waals surface area (Å²) in [6.07, 6.45) is 0. The first-order valence-corrected chi connectivity index (χ1v) is 5.71. The van der Waals surface area contributed by atoms with Gasteiger partial charge in [-0.15, -0.1) is 0 Å². The first-order valence-electron chi connectivity index (χ1n) is 5.71. The van der Waals surface area contributed by atoms with Crippen molar-refractivity contribution in [1.82, 2.24) is 4.90 Å². The highest BCUT2D eigenvalue weighted by Crippen LogP contribution is 2.36. The van der Waals surface area contributed by atoms with Gasteiger partial charge in [-0.1, -0.05) is 0 Å². The van der Waals surface area contributed by atoms with Gasteiger partial charge < -0.3 is 20.3 Å². The Morgan fingerprint density at radius 3 is 3.12 bits per heavy atom. The molecule has 86 valence electrons. The lowest BCUT2D eigenvalue weighted by molar-refractivity contribution is 0.188. The minimum absolute atomic E-state index is 0.481. The summed E-state index contributed by atoms with van der Waals surface area (Å²) in [7, 11) is 2.16. The summed E-state index contributed by atoms with van der Waals surface area (Å²) in [6, 6.07) is 6.42. The molecule has 0 amide bonds. The Kier molecular flexibility index (Phi) is 2.17. The summed E-state index contributed by atoms with van der Waals surface area (Å²) >= 11 is 0. The zero-order chi connectivity index (χ0) is 11.1. The number of nitrogen functional groups attached to an aromatic ring is 1. The average molecular weight is 219 g/mol. The standard InChI is InChI=1S/C12H17N3O/c1-14-4-5-15-10(7-14)8-16-12-6-9(13)2-3-11(12)15/h2-3,6,10H,4-5,7-8,13H2,1H3/t10-/m1/s1. The molecule has 0 spiro atoms. The fourth-order valence-corrected chi connectivity index (χ4v) is 2.54. The molecule has 0 bridgehead atoms. The number of fused-ring (bicyclic) bond motifs is 3. The Balaban J connectivity index is 1.94. The SMILES string of the molecule is CN1CCN2c3ccc(N)cc3OC[C@H]2C1. The Morgan fingerprint density at radius 1 is 1.38 bits per heavy atom. The molecule has 1 fully saturated rings. The molecular formula is C12H17N3O. The van der Waals surface area contributed by atoms with E-state index in [0.29, 0.717) is 6.04 Å². The average Bonchev–Trinajstić information content (AvgIpc) is 2.28. The van der Waals surface area contributed by atoms with Gasteiger partial charge in [-0.2, -0.15) is 0 Å².